The van der Waals surface area contributed by atoms with E-state index in [4.69, 9.17) is 4.74 Å². The zero-order valence-corrected chi connectivity index (χ0v) is 13.5. The van der Waals surface area contributed by atoms with Crippen LogP contribution in [0.3, 0.4) is 0 Å². The monoisotopic (exact) mass is 337 g/mol. The molecule has 0 atom stereocenters. The van der Waals surface area contributed by atoms with E-state index in [1.807, 2.05) is 38.1 Å². The molecule has 1 heterocycles. The third-order valence-corrected chi connectivity index (χ3v) is 3.42. The molecular formula is C15H20BrN3O. The van der Waals surface area contributed by atoms with Crippen molar-refractivity contribution in [3.63, 3.8) is 0 Å². The molecular weight excluding hydrogens is 318 g/mol. The van der Waals surface area contributed by atoms with Gasteiger partial charge in [0.1, 0.15) is 0 Å². The van der Waals surface area contributed by atoms with E-state index >= 15 is 0 Å². The number of halogens is 1. The summed E-state index contributed by atoms with van der Waals surface area (Å²) in [5.41, 5.74) is 2.05. The number of ether oxygens (including phenoxy) is 1. The van der Waals surface area contributed by atoms with E-state index in [-0.39, 0.29) is 0 Å². The Hall–Kier alpha value is -1.33. The van der Waals surface area contributed by atoms with Crippen LogP contribution in [0, 0.1) is 6.92 Å². The number of nitrogens with zero attached hydrogens (tertiary/aromatic N) is 2. The summed E-state index contributed by atoms with van der Waals surface area (Å²) in [6, 6.07) is 8.08. The minimum Gasteiger partial charge on any atom is -0.382 e. The average molecular weight is 338 g/mol. The molecule has 5 heteroatoms. The lowest BCUT2D eigenvalue weighted by Crippen LogP contribution is -2.05. The Morgan fingerprint density at radius 2 is 2.05 bits per heavy atom. The number of aromatic nitrogens is 2. The molecule has 108 valence electrons. The summed E-state index contributed by atoms with van der Waals surface area (Å²) in [6.07, 6.45) is 3.05. The van der Waals surface area contributed by atoms with Crippen molar-refractivity contribution in [2.24, 2.45) is 0 Å². The van der Waals surface area contributed by atoms with Crippen LogP contribution < -0.4 is 5.32 Å². The van der Waals surface area contributed by atoms with E-state index in [1.54, 1.807) is 0 Å². The molecule has 0 radical (unpaired) electrons. The normalized spacial score (nSPS) is 10.8. The first-order chi connectivity index (χ1) is 9.69. The van der Waals surface area contributed by atoms with Gasteiger partial charge in [0.15, 0.2) is 0 Å². The van der Waals surface area contributed by atoms with Crippen molar-refractivity contribution >= 4 is 27.6 Å². The second-order valence-electron chi connectivity index (χ2n) is 4.58. The third kappa shape index (κ3) is 4.35. The molecule has 0 saturated heterocycles. The van der Waals surface area contributed by atoms with Gasteiger partial charge >= 0.3 is 0 Å². The van der Waals surface area contributed by atoms with Crippen molar-refractivity contribution in [3.8, 4) is 0 Å². The maximum Gasteiger partial charge on any atom is 0.207 e. The first kappa shape index (κ1) is 15.1. The van der Waals surface area contributed by atoms with Crippen molar-refractivity contribution in [1.29, 1.82) is 0 Å². The predicted molar refractivity (Wildman–Crippen MR) is 85.5 cm³/mol. The molecule has 4 nitrogen and oxygen atoms in total. The summed E-state index contributed by atoms with van der Waals surface area (Å²) in [5, 5.41) is 3.35. The van der Waals surface area contributed by atoms with Crippen molar-refractivity contribution in [2.45, 2.75) is 26.8 Å². The Kier molecular flexibility index (Phi) is 5.61. The maximum atomic E-state index is 5.37. The van der Waals surface area contributed by atoms with Gasteiger partial charge in [-0.2, -0.15) is 0 Å². The van der Waals surface area contributed by atoms with E-state index in [9.17, 15) is 0 Å². The molecule has 0 bridgehead atoms. The standard InChI is InChI=1S/C15H20BrN3O/c1-3-20-10-4-9-19-11-12(2)17-15(19)18-14-7-5-13(16)6-8-14/h5-8,11H,3-4,9-10H2,1-2H3,(H,17,18). The summed E-state index contributed by atoms with van der Waals surface area (Å²) >= 11 is 3.44. The summed E-state index contributed by atoms with van der Waals surface area (Å²) in [6.45, 7) is 6.48. The summed E-state index contributed by atoms with van der Waals surface area (Å²) in [7, 11) is 0. The molecule has 2 rings (SSSR count). The largest absolute Gasteiger partial charge is 0.382 e. The van der Waals surface area contributed by atoms with Gasteiger partial charge in [0.25, 0.3) is 0 Å². The van der Waals surface area contributed by atoms with E-state index in [0.29, 0.717) is 0 Å². The van der Waals surface area contributed by atoms with E-state index < -0.39 is 0 Å². The highest BCUT2D eigenvalue weighted by atomic mass is 79.9. The van der Waals surface area contributed by atoms with Gasteiger partial charge in [-0.05, 0) is 44.5 Å². The minimum absolute atomic E-state index is 0.771. The van der Waals surface area contributed by atoms with Gasteiger partial charge in [-0.25, -0.2) is 4.98 Å². The Balaban J connectivity index is 2.01. The molecule has 2 aromatic rings. The van der Waals surface area contributed by atoms with Gasteiger partial charge in [0.2, 0.25) is 5.95 Å². The number of hydrogen-bond acceptors (Lipinski definition) is 3. The predicted octanol–water partition coefficient (Wildman–Crippen LogP) is 4.12. The number of anilines is 2. The fourth-order valence-electron chi connectivity index (χ4n) is 1.96. The number of aryl methyl sites for hydroxylation is 2. The van der Waals surface area contributed by atoms with Crippen molar-refractivity contribution in [3.05, 3.63) is 40.6 Å². The lowest BCUT2D eigenvalue weighted by Gasteiger charge is -2.10. The van der Waals surface area contributed by atoms with Crippen LogP contribution in [-0.2, 0) is 11.3 Å². The van der Waals surface area contributed by atoms with Crippen LogP contribution in [0.1, 0.15) is 19.0 Å². The lowest BCUT2D eigenvalue weighted by atomic mass is 10.3. The molecule has 0 fully saturated rings. The highest BCUT2D eigenvalue weighted by Gasteiger charge is 2.05. The van der Waals surface area contributed by atoms with Gasteiger partial charge in [-0.3, -0.25) is 0 Å². The number of nitrogens with one attached hydrogen (secondary N) is 1. The molecule has 0 unspecified atom stereocenters. The van der Waals surface area contributed by atoms with Crippen LogP contribution >= 0.6 is 15.9 Å². The van der Waals surface area contributed by atoms with Crippen molar-refractivity contribution in [2.75, 3.05) is 18.5 Å². The quantitative estimate of drug-likeness (QED) is 0.772. The van der Waals surface area contributed by atoms with E-state index in [0.717, 1.165) is 48.0 Å². The summed E-state index contributed by atoms with van der Waals surface area (Å²) < 4.78 is 8.58. The minimum atomic E-state index is 0.771. The fraction of sp³-hybridized carbons (Fsp3) is 0.400. The average Bonchev–Trinajstić information content (AvgIpc) is 2.77. The second kappa shape index (κ2) is 7.45. The molecule has 0 aliphatic heterocycles. The van der Waals surface area contributed by atoms with Gasteiger partial charge < -0.3 is 14.6 Å². The van der Waals surface area contributed by atoms with Crippen LogP contribution in [-0.4, -0.2) is 22.8 Å². The first-order valence-electron chi connectivity index (χ1n) is 6.83. The Morgan fingerprint density at radius 1 is 1.30 bits per heavy atom. The van der Waals surface area contributed by atoms with Crippen LogP contribution in [0.15, 0.2) is 34.9 Å². The Morgan fingerprint density at radius 3 is 2.75 bits per heavy atom. The van der Waals surface area contributed by atoms with Gasteiger partial charge in [-0.1, -0.05) is 15.9 Å². The zero-order chi connectivity index (χ0) is 14.4. The fourth-order valence-corrected chi connectivity index (χ4v) is 2.22. The number of rotatable bonds is 7. The van der Waals surface area contributed by atoms with Crippen molar-refractivity contribution in [1.82, 2.24) is 9.55 Å². The topological polar surface area (TPSA) is 39.1 Å². The lowest BCUT2D eigenvalue weighted by molar-refractivity contribution is 0.142. The number of hydrogen-bond donors (Lipinski definition) is 1. The van der Waals surface area contributed by atoms with Gasteiger partial charge in [0, 0.05) is 36.1 Å². The molecule has 0 spiro atoms. The third-order valence-electron chi connectivity index (χ3n) is 2.89. The molecule has 0 amide bonds. The highest BCUT2D eigenvalue weighted by Crippen LogP contribution is 2.19. The van der Waals surface area contributed by atoms with Crippen LogP contribution in [0.2, 0.25) is 0 Å². The molecule has 1 aromatic carbocycles. The summed E-state index contributed by atoms with van der Waals surface area (Å²) in [5.74, 6) is 0.876. The number of imidazole rings is 1. The SMILES string of the molecule is CCOCCCn1cc(C)nc1Nc1ccc(Br)cc1. The van der Waals surface area contributed by atoms with Gasteiger partial charge in [-0.15, -0.1) is 0 Å². The van der Waals surface area contributed by atoms with Gasteiger partial charge in [0.05, 0.1) is 5.69 Å². The number of benzene rings is 1. The summed E-state index contributed by atoms with van der Waals surface area (Å²) in [4.78, 5) is 4.53. The molecule has 1 aromatic heterocycles. The zero-order valence-electron chi connectivity index (χ0n) is 11.9. The van der Waals surface area contributed by atoms with E-state index in [1.165, 1.54) is 0 Å². The first-order valence-corrected chi connectivity index (χ1v) is 7.62. The Bertz CT molecular complexity index is 537. The second-order valence-corrected chi connectivity index (χ2v) is 5.50. The Labute approximate surface area is 128 Å². The highest BCUT2D eigenvalue weighted by molar-refractivity contribution is 9.10. The molecule has 0 aliphatic rings. The van der Waals surface area contributed by atoms with E-state index in [2.05, 4.69) is 37.0 Å². The van der Waals surface area contributed by atoms with Crippen LogP contribution in [0.4, 0.5) is 11.6 Å². The maximum absolute atomic E-state index is 5.37. The van der Waals surface area contributed by atoms with Crippen LogP contribution in [0.25, 0.3) is 0 Å². The molecule has 20 heavy (non-hydrogen) atoms. The smallest absolute Gasteiger partial charge is 0.207 e. The molecule has 0 saturated carbocycles. The molecule has 0 aliphatic carbocycles. The van der Waals surface area contributed by atoms with Crippen molar-refractivity contribution < 1.29 is 4.74 Å². The van der Waals surface area contributed by atoms with Crippen LogP contribution in [0.5, 0.6) is 0 Å². The molecule has 1 N–H and O–H groups in total.